The monoisotopic (exact) mass is 723 g/mol. The first-order chi connectivity index (χ1) is 24.5. The highest BCUT2D eigenvalue weighted by Crippen LogP contribution is 2.52. The first kappa shape index (κ1) is 35.7. The summed E-state index contributed by atoms with van der Waals surface area (Å²) in [6, 6.07) is 4.08. The van der Waals surface area contributed by atoms with Crippen LogP contribution in [0.5, 0.6) is 17.4 Å². The van der Waals surface area contributed by atoms with E-state index in [-0.39, 0.29) is 40.8 Å². The molecule has 15 heteroatoms. The van der Waals surface area contributed by atoms with Crippen molar-refractivity contribution in [2.75, 3.05) is 24.5 Å². The minimum Gasteiger partial charge on any atom is -0.490 e. The number of aromatic nitrogens is 4. The fourth-order valence-corrected chi connectivity index (χ4v) is 7.92. The van der Waals surface area contributed by atoms with Crippen LogP contribution in [0.3, 0.4) is 0 Å². The molecular formula is C37H44F3N7O5. The van der Waals surface area contributed by atoms with Crippen molar-refractivity contribution < 1.29 is 37.0 Å². The molecule has 2 aliphatic heterocycles. The van der Waals surface area contributed by atoms with E-state index < -0.39 is 48.2 Å². The maximum Gasteiger partial charge on any atom is 0.410 e. The van der Waals surface area contributed by atoms with Crippen molar-refractivity contribution >= 4 is 17.8 Å². The highest BCUT2D eigenvalue weighted by molar-refractivity contribution is 5.97. The normalized spacial score (nSPS) is 20.8. The fourth-order valence-electron chi connectivity index (χ4n) is 7.92. The minimum absolute atomic E-state index is 0.00620. The number of alkyl halides is 2. The van der Waals surface area contributed by atoms with Crippen LogP contribution in [-0.2, 0) is 11.2 Å². The van der Waals surface area contributed by atoms with Gasteiger partial charge in [0.2, 0.25) is 0 Å². The number of carbonyl (C=O) groups is 2. The highest BCUT2D eigenvalue weighted by Gasteiger charge is 2.55. The van der Waals surface area contributed by atoms with Crippen molar-refractivity contribution in [2.24, 2.45) is 5.41 Å². The van der Waals surface area contributed by atoms with Crippen molar-refractivity contribution in [3.05, 3.63) is 59.4 Å². The summed E-state index contributed by atoms with van der Waals surface area (Å²) in [6.45, 7) is 12.8. The smallest absolute Gasteiger partial charge is 0.410 e. The van der Waals surface area contributed by atoms with Crippen LogP contribution in [0, 0.1) is 11.2 Å². The summed E-state index contributed by atoms with van der Waals surface area (Å²) in [7, 11) is 0. The van der Waals surface area contributed by atoms with Crippen molar-refractivity contribution in [1.29, 1.82) is 0 Å². The van der Waals surface area contributed by atoms with Gasteiger partial charge in [0.15, 0.2) is 5.82 Å². The third-order valence-electron chi connectivity index (χ3n) is 10.3. The van der Waals surface area contributed by atoms with E-state index in [1.54, 1.807) is 24.9 Å². The average molecular weight is 724 g/mol. The molecule has 3 aromatic rings. The molecule has 1 aromatic carbocycles. The number of pyridine rings is 1. The van der Waals surface area contributed by atoms with Crippen LogP contribution in [0.1, 0.15) is 94.9 Å². The Hall–Kier alpha value is -4.69. The van der Waals surface area contributed by atoms with Gasteiger partial charge in [-0.1, -0.05) is 0 Å². The largest absolute Gasteiger partial charge is 0.490 e. The second-order valence-electron chi connectivity index (χ2n) is 15.8. The van der Waals surface area contributed by atoms with Crippen LogP contribution in [0.15, 0.2) is 36.8 Å². The maximum atomic E-state index is 14.5. The average Bonchev–Trinajstić information content (AvgIpc) is 3.01. The molecule has 1 spiro atoms. The van der Waals surface area contributed by atoms with Gasteiger partial charge in [-0.25, -0.2) is 22.9 Å². The van der Waals surface area contributed by atoms with Crippen LogP contribution in [0.4, 0.5) is 23.8 Å². The Balaban J connectivity index is 1.01. The fraction of sp³-hybridized carbons (Fsp3) is 0.568. The quantitative estimate of drug-likeness (QED) is 0.247. The Bertz CT molecular complexity index is 1850. The SMILES string of the molecule is CC1c2c(OC3CC4(C3)CN(c3ncnnc3Oc3ccc(F)cc3C(=O)N(C(C)C)C3CC(F)(F)C3)C4)ccnc2CCN1C(=O)OC(C)(C)C. The Kier molecular flexibility index (Phi) is 8.97. The van der Waals surface area contributed by atoms with Gasteiger partial charge in [-0.2, -0.15) is 0 Å². The van der Waals surface area contributed by atoms with E-state index in [0.717, 1.165) is 42.0 Å². The number of hydrogen-bond acceptors (Lipinski definition) is 10. The molecule has 0 radical (unpaired) electrons. The Morgan fingerprint density at radius 2 is 1.77 bits per heavy atom. The summed E-state index contributed by atoms with van der Waals surface area (Å²) >= 11 is 0. The Morgan fingerprint density at radius 3 is 2.44 bits per heavy atom. The van der Waals surface area contributed by atoms with Crippen LogP contribution >= 0.6 is 0 Å². The number of benzene rings is 1. The zero-order chi connectivity index (χ0) is 37.2. The van der Waals surface area contributed by atoms with Gasteiger partial charge >= 0.3 is 6.09 Å². The predicted molar refractivity (Wildman–Crippen MR) is 183 cm³/mol. The van der Waals surface area contributed by atoms with E-state index >= 15 is 0 Å². The van der Waals surface area contributed by atoms with E-state index in [1.165, 1.54) is 17.3 Å². The molecule has 1 saturated heterocycles. The molecule has 1 atom stereocenters. The summed E-state index contributed by atoms with van der Waals surface area (Å²) in [5, 5.41) is 8.03. The summed E-state index contributed by atoms with van der Waals surface area (Å²) in [5.41, 5.74) is 1.13. The zero-order valence-corrected chi connectivity index (χ0v) is 30.2. The molecule has 7 rings (SSSR count). The van der Waals surface area contributed by atoms with Gasteiger partial charge in [0.05, 0.1) is 17.3 Å². The molecule has 4 aliphatic rings. The topological polar surface area (TPSA) is 123 Å². The van der Waals surface area contributed by atoms with Crippen molar-refractivity contribution in [3.63, 3.8) is 0 Å². The second-order valence-corrected chi connectivity index (χ2v) is 15.8. The van der Waals surface area contributed by atoms with E-state index in [4.69, 9.17) is 14.2 Å². The number of nitrogens with zero attached hydrogens (tertiary/aromatic N) is 7. The lowest BCUT2D eigenvalue weighted by Gasteiger charge is -2.58. The number of amides is 2. The van der Waals surface area contributed by atoms with Crippen LogP contribution < -0.4 is 14.4 Å². The number of halogens is 3. The van der Waals surface area contributed by atoms with Gasteiger partial charge in [-0.05, 0) is 78.6 Å². The predicted octanol–water partition coefficient (Wildman–Crippen LogP) is 6.75. The molecule has 4 heterocycles. The van der Waals surface area contributed by atoms with Gasteiger partial charge in [0.25, 0.3) is 17.7 Å². The minimum atomic E-state index is -2.83. The summed E-state index contributed by atoms with van der Waals surface area (Å²) in [4.78, 5) is 40.8. The standard InChI is InChI=1S/C37H44F3N7O5/c1-21(2)47(24-14-37(39,40)15-24)33(48)26-13-23(38)7-8-28(26)51-32-31(42-20-43-44-32)45-18-36(19-45)16-25(17-36)50-29-9-11-41-27-10-12-46(22(3)30(27)29)34(49)52-35(4,5)6/h7-9,11,13,20-22,24-25H,10,12,14-19H2,1-6H3. The summed E-state index contributed by atoms with van der Waals surface area (Å²) in [6.07, 6.45) is 4.01. The van der Waals surface area contributed by atoms with Crippen LogP contribution in [0.2, 0.25) is 0 Å². The molecular weight excluding hydrogens is 679 g/mol. The molecule has 0 N–H and O–H groups in total. The van der Waals surface area contributed by atoms with E-state index in [0.29, 0.717) is 31.9 Å². The Labute approximate surface area is 300 Å². The number of rotatable bonds is 8. The number of anilines is 1. The number of hydrogen-bond donors (Lipinski definition) is 0. The summed E-state index contributed by atoms with van der Waals surface area (Å²) in [5.74, 6) is -2.88. The molecule has 1 unspecified atom stereocenters. The van der Waals surface area contributed by atoms with E-state index in [9.17, 15) is 22.8 Å². The molecule has 2 saturated carbocycles. The maximum absolute atomic E-state index is 14.5. The van der Waals surface area contributed by atoms with Gasteiger partial charge in [0.1, 0.15) is 35.3 Å². The molecule has 12 nitrogen and oxygen atoms in total. The number of carbonyl (C=O) groups excluding carboxylic acids is 2. The van der Waals surface area contributed by atoms with Crippen LogP contribution in [-0.4, -0.2) is 91.3 Å². The van der Waals surface area contributed by atoms with Gasteiger partial charge in [-0.3, -0.25) is 9.78 Å². The number of fused-ring (bicyclic) bond motifs is 1. The molecule has 52 heavy (non-hydrogen) atoms. The summed E-state index contributed by atoms with van der Waals surface area (Å²) < 4.78 is 60.3. The first-order valence-corrected chi connectivity index (χ1v) is 17.8. The van der Waals surface area contributed by atoms with Crippen molar-refractivity contribution in [2.45, 2.75) is 109 Å². The first-order valence-electron chi connectivity index (χ1n) is 17.8. The lowest BCUT2D eigenvalue weighted by atomic mass is 9.61. The molecule has 278 valence electrons. The number of ether oxygens (including phenoxy) is 3. The Morgan fingerprint density at radius 1 is 1.04 bits per heavy atom. The van der Waals surface area contributed by atoms with Gasteiger partial charge in [-0.15, -0.1) is 10.2 Å². The van der Waals surface area contributed by atoms with Crippen molar-refractivity contribution in [3.8, 4) is 17.4 Å². The molecule has 3 fully saturated rings. The molecule has 2 amide bonds. The lowest BCUT2D eigenvalue weighted by molar-refractivity contribution is -0.120. The lowest BCUT2D eigenvalue weighted by Crippen LogP contribution is -2.65. The molecule has 2 aliphatic carbocycles. The van der Waals surface area contributed by atoms with Crippen molar-refractivity contribution in [1.82, 2.24) is 30.0 Å². The molecule has 2 aromatic heterocycles. The van der Waals surface area contributed by atoms with E-state index in [1.807, 2.05) is 38.7 Å². The third kappa shape index (κ3) is 6.93. The molecule has 0 bridgehead atoms. The third-order valence-corrected chi connectivity index (χ3v) is 10.3. The van der Waals surface area contributed by atoms with E-state index in [2.05, 4.69) is 20.2 Å². The van der Waals surface area contributed by atoms with Gasteiger partial charge < -0.3 is 28.9 Å². The second kappa shape index (κ2) is 13.1. The zero-order valence-electron chi connectivity index (χ0n) is 30.2. The van der Waals surface area contributed by atoms with Gasteiger partial charge in [0, 0.05) is 68.2 Å². The van der Waals surface area contributed by atoms with Crippen LogP contribution in [0.25, 0.3) is 0 Å². The highest BCUT2D eigenvalue weighted by atomic mass is 19.3.